The standard InChI is InChI=1S/C20H23ClN4O2S/c1-5-25-13(2)10-15(14(25)3)17(26)12-28-20-23-22-19(24(20)4)11-27-18-9-7-6-8-16(18)21/h6-10H,5,11-12H2,1-4H3. The van der Waals surface area contributed by atoms with Crippen LogP contribution in [0.4, 0.5) is 0 Å². The van der Waals surface area contributed by atoms with Gasteiger partial charge in [0, 0.05) is 30.5 Å². The Morgan fingerprint density at radius 3 is 2.68 bits per heavy atom. The van der Waals surface area contributed by atoms with Crippen LogP contribution in [0.2, 0.25) is 5.02 Å². The Hall–Kier alpha value is -2.25. The van der Waals surface area contributed by atoms with Gasteiger partial charge in [-0.15, -0.1) is 10.2 Å². The van der Waals surface area contributed by atoms with Crippen molar-refractivity contribution in [2.75, 3.05) is 5.75 Å². The van der Waals surface area contributed by atoms with Crippen LogP contribution in [-0.2, 0) is 20.2 Å². The number of halogens is 1. The zero-order chi connectivity index (χ0) is 20.3. The lowest BCUT2D eigenvalue weighted by Gasteiger charge is -2.08. The number of aryl methyl sites for hydroxylation is 1. The molecule has 0 saturated heterocycles. The lowest BCUT2D eigenvalue weighted by Crippen LogP contribution is -2.07. The number of para-hydroxylation sites is 1. The first-order chi connectivity index (χ1) is 13.4. The average Bonchev–Trinajstić information content (AvgIpc) is 3.18. The molecule has 2 aromatic heterocycles. The van der Waals surface area contributed by atoms with Crippen molar-refractivity contribution in [2.45, 2.75) is 39.1 Å². The molecule has 0 atom stereocenters. The number of Topliss-reactive ketones (excluding diaryl/α,β-unsaturated/α-hetero) is 1. The second kappa shape index (κ2) is 8.84. The Kier molecular flexibility index (Phi) is 6.46. The third-order valence-corrected chi connectivity index (χ3v) is 5.97. The number of thioether (sulfide) groups is 1. The maximum atomic E-state index is 12.7. The predicted octanol–water partition coefficient (Wildman–Crippen LogP) is 4.46. The topological polar surface area (TPSA) is 61.9 Å². The van der Waals surface area contributed by atoms with Gasteiger partial charge in [0.1, 0.15) is 12.4 Å². The molecule has 0 spiro atoms. The van der Waals surface area contributed by atoms with Gasteiger partial charge in [-0.1, -0.05) is 35.5 Å². The molecule has 3 aromatic rings. The summed E-state index contributed by atoms with van der Waals surface area (Å²) >= 11 is 7.48. The summed E-state index contributed by atoms with van der Waals surface area (Å²) in [6, 6.07) is 9.25. The molecule has 2 heterocycles. The Labute approximate surface area is 173 Å². The monoisotopic (exact) mass is 418 g/mol. The number of ether oxygens (including phenoxy) is 1. The molecule has 28 heavy (non-hydrogen) atoms. The Bertz CT molecular complexity index is 996. The molecule has 1 aromatic carbocycles. The summed E-state index contributed by atoms with van der Waals surface area (Å²) in [5.41, 5.74) is 2.89. The van der Waals surface area contributed by atoms with Gasteiger partial charge in [-0.05, 0) is 39.0 Å². The van der Waals surface area contributed by atoms with E-state index in [0.29, 0.717) is 27.5 Å². The molecule has 8 heteroatoms. The zero-order valence-electron chi connectivity index (χ0n) is 16.4. The highest BCUT2D eigenvalue weighted by molar-refractivity contribution is 7.99. The number of benzene rings is 1. The van der Waals surface area contributed by atoms with Crippen LogP contribution < -0.4 is 4.74 Å². The smallest absolute Gasteiger partial charge is 0.191 e. The number of carbonyl (C=O) groups excluding carboxylic acids is 1. The summed E-state index contributed by atoms with van der Waals surface area (Å²) in [6.45, 7) is 7.19. The van der Waals surface area contributed by atoms with Crippen LogP contribution in [-0.4, -0.2) is 30.9 Å². The van der Waals surface area contributed by atoms with E-state index in [9.17, 15) is 4.79 Å². The second-order valence-electron chi connectivity index (χ2n) is 6.42. The van der Waals surface area contributed by atoms with Crippen molar-refractivity contribution in [3.05, 3.63) is 58.1 Å². The van der Waals surface area contributed by atoms with E-state index in [1.807, 2.05) is 43.7 Å². The normalized spacial score (nSPS) is 11.0. The van der Waals surface area contributed by atoms with Crippen molar-refractivity contribution in [3.8, 4) is 5.75 Å². The van der Waals surface area contributed by atoms with Gasteiger partial charge in [0.2, 0.25) is 0 Å². The van der Waals surface area contributed by atoms with Crippen LogP contribution in [0, 0.1) is 13.8 Å². The summed E-state index contributed by atoms with van der Waals surface area (Å²) in [6.07, 6.45) is 0. The fourth-order valence-corrected chi connectivity index (χ4v) is 4.08. The number of hydrogen-bond donors (Lipinski definition) is 0. The van der Waals surface area contributed by atoms with Gasteiger partial charge in [0.05, 0.1) is 10.8 Å². The van der Waals surface area contributed by atoms with Crippen LogP contribution in [0.25, 0.3) is 0 Å². The van der Waals surface area contributed by atoms with E-state index in [1.54, 1.807) is 12.1 Å². The van der Waals surface area contributed by atoms with E-state index in [0.717, 1.165) is 23.5 Å². The molecule has 0 unspecified atom stereocenters. The second-order valence-corrected chi connectivity index (χ2v) is 7.77. The van der Waals surface area contributed by atoms with Crippen LogP contribution in [0.15, 0.2) is 35.5 Å². The molecule has 6 nitrogen and oxygen atoms in total. The van der Waals surface area contributed by atoms with Gasteiger partial charge in [0.15, 0.2) is 16.8 Å². The molecular formula is C20H23ClN4O2S. The largest absolute Gasteiger partial charge is 0.484 e. The maximum absolute atomic E-state index is 12.7. The molecule has 0 aliphatic carbocycles. The van der Waals surface area contributed by atoms with E-state index in [1.165, 1.54) is 11.8 Å². The fourth-order valence-electron chi connectivity index (χ4n) is 3.08. The molecule has 0 aliphatic heterocycles. The van der Waals surface area contributed by atoms with E-state index in [-0.39, 0.29) is 12.4 Å². The number of carbonyl (C=O) groups is 1. The number of ketones is 1. The van der Waals surface area contributed by atoms with Crippen LogP contribution in [0.3, 0.4) is 0 Å². The first kappa shape index (κ1) is 20.5. The summed E-state index contributed by atoms with van der Waals surface area (Å²) in [5.74, 6) is 1.67. The highest BCUT2D eigenvalue weighted by Crippen LogP contribution is 2.25. The third kappa shape index (κ3) is 4.25. The van der Waals surface area contributed by atoms with Gasteiger partial charge >= 0.3 is 0 Å². The van der Waals surface area contributed by atoms with E-state index < -0.39 is 0 Å². The number of hydrogen-bond acceptors (Lipinski definition) is 5. The number of nitrogens with zero attached hydrogens (tertiary/aromatic N) is 4. The van der Waals surface area contributed by atoms with Crippen LogP contribution in [0.1, 0.15) is 34.5 Å². The summed E-state index contributed by atoms with van der Waals surface area (Å²) < 4.78 is 9.70. The van der Waals surface area contributed by atoms with E-state index in [4.69, 9.17) is 16.3 Å². The molecule has 0 radical (unpaired) electrons. The SMILES string of the molecule is CCn1c(C)cc(C(=O)CSc2nnc(COc3ccccc3Cl)n2C)c1C. The van der Waals surface area contributed by atoms with Crippen LogP contribution >= 0.6 is 23.4 Å². The van der Waals surface area contributed by atoms with Gasteiger partial charge in [-0.2, -0.15) is 0 Å². The van der Waals surface area contributed by atoms with Crippen molar-refractivity contribution >= 4 is 29.1 Å². The molecule has 0 bridgehead atoms. The maximum Gasteiger partial charge on any atom is 0.191 e. The Morgan fingerprint density at radius 2 is 2.00 bits per heavy atom. The van der Waals surface area contributed by atoms with Crippen molar-refractivity contribution in [1.82, 2.24) is 19.3 Å². The Morgan fingerprint density at radius 1 is 1.25 bits per heavy atom. The first-order valence-electron chi connectivity index (χ1n) is 9.00. The molecule has 0 amide bonds. The molecule has 0 fully saturated rings. The van der Waals surface area contributed by atoms with Crippen LogP contribution in [0.5, 0.6) is 5.75 Å². The minimum atomic E-state index is 0.0923. The van der Waals surface area contributed by atoms with Gasteiger partial charge < -0.3 is 13.9 Å². The van der Waals surface area contributed by atoms with Gasteiger partial charge in [-0.25, -0.2) is 0 Å². The average molecular weight is 419 g/mol. The molecule has 3 rings (SSSR count). The van der Waals surface area contributed by atoms with Gasteiger partial charge in [0.25, 0.3) is 0 Å². The van der Waals surface area contributed by atoms with Crippen molar-refractivity contribution < 1.29 is 9.53 Å². The van der Waals surface area contributed by atoms with E-state index >= 15 is 0 Å². The number of rotatable bonds is 8. The fraction of sp³-hybridized carbons (Fsp3) is 0.350. The third-order valence-electron chi connectivity index (χ3n) is 4.64. The molecule has 0 N–H and O–H groups in total. The van der Waals surface area contributed by atoms with E-state index in [2.05, 4.69) is 21.7 Å². The highest BCUT2D eigenvalue weighted by atomic mass is 35.5. The van der Waals surface area contributed by atoms with Crippen molar-refractivity contribution in [2.24, 2.45) is 7.05 Å². The Balaban J connectivity index is 1.63. The minimum absolute atomic E-state index is 0.0923. The minimum Gasteiger partial charge on any atom is -0.484 e. The quantitative estimate of drug-likeness (QED) is 0.399. The highest BCUT2D eigenvalue weighted by Gasteiger charge is 2.17. The zero-order valence-corrected chi connectivity index (χ0v) is 18.0. The summed E-state index contributed by atoms with van der Waals surface area (Å²) in [4.78, 5) is 12.7. The first-order valence-corrected chi connectivity index (χ1v) is 10.4. The predicted molar refractivity (Wildman–Crippen MR) is 111 cm³/mol. The van der Waals surface area contributed by atoms with Crippen molar-refractivity contribution in [1.29, 1.82) is 0 Å². The lowest BCUT2D eigenvalue weighted by atomic mass is 10.2. The summed E-state index contributed by atoms with van der Waals surface area (Å²) in [5, 5.41) is 9.58. The summed E-state index contributed by atoms with van der Waals surface area (Å²) in [7, 11) is 1.86. The lowest BCUT2D eigenvalue weighted by molar-refractivity contribution is 0.102. The van der Waals surface area contributed by atoms with Crippen molar-refractivity contribution in [3.63, 3.8) is 0 Å². The molecular weight excluding hydrogens is 396 g/mol. The molecule has 0 aliphatic rings. The number of aromatic nitrogens is 4. The molecule has 0 saturated carbocycles. The molecule has 148 valence electrons. The van der Waals surface area contributed by atoms with Gasteiger partial charge in [-0.3, -0.25) is 4.79 Å².